The van der Waals surface area contributed by atoms with Crippen LogP contribution in [0.1, 0.15) is 53.1 Å². The maximum atomic E-state index is 14.8. The first kappa shape index (κ1) is 34.7. The fraction of sp³-hybridized carbons (Fsp3) is 0.176. The van der Waals surface area contributed by atoms with E-state index in [0.29, 0.717) is 24.8 Å². The Kier molecular flexibility index (Phi) is 10.4. The molecule has 0 aromatic heterocycles. The maximum absolute atomic E-state index is 14.8. The first-order valence-corrected chi connectivity index (χ1v) is 13.5. The molecule has 13 heteroatoms. The summed E-state index contributed by atoms with van der Waals surface area (Å²) in [7, 11) is 0. The second kappa shape index (κ2) is 14.1. The molecule has 0 saturated carbocycles. The molecule has 0 aliphatic rings. The third-order valence-electron chi connectivity index (χ3n) is 6.24. The molecule has 0 amide bonds. The van der Waals surface area contributed by atoms with Crippen molar-refractivity contribution in [2.75, 3.05) is 6.61 Å². The molecule has 0 heterocycles. The van der Waals surface area contributed by atoms with Crippen LogP contribution in [0.4, 0.5) is 48.3 Å². The van der Waals surface area contributed by atoms with Crippen LogP contribution in [0.25, 0.3) is 0 Å². The van der Waals surface area contributed by atoms with Crippen LogP contribution in [0.3, 0.4) is 0 Å². The van der Waals surface area contributed by atoms with Crippen LogP contribution in [0.15, 0.2) is 60.7 Å². The topological polar surface area (TPSA) is 18.5 Å². The summed E-state index contributed by atoms with van der Waals surface area (Å²) in [5, 5.41) is 0. The van der Waals surface area contributed by atoms with Gasteiger partial charge >= 0.3 is 12.3 Å². The van der Waals surface area contributed by atoms with Gasteiger partial charge in [-0.1, -0.05) is 37.0 Å². The number of hydrogen-bond donors (Lipinski definition) is 0. The van der Waals surface area contributed by atoms with Gasteiger partial charge in [0.1, 0.15) is 57.5 Å². The second-order valence-corrected chi connectivity index (χ2v) is 9.73. The number of ether oxygens (including phenoxy) is 2. The summed E-state index contributed by atoms with van der Waals surface area (Å²) >= 11 is 0. The molecule has 0 N–H and O–H groups in total. The Morgan fingerprint density at radius 2 is 1.00 bits per heavy atom. The van der Waals surface area contributed by atoms with Crippen molar-refractivity contribution in [1.29, 1.82) is 0 Å². The molecular formula is C34H19F11O2. The van der Waals surface area contributed by atoms with Crippen LogP contribution < -0.4 is 9.47 Å². The number of benzene rings is 4. The Labute approximate surface area is 260 Å². The van der Waals surface area contributed by atoms with Crippen molar-refractivity contribution in [1.82, 2.24) is 0 Å². The van der Waals surface area contributed by atoms with Gasteiger partial charge in [-0.2, -0.15) is 22.0 Å². The molecule has 0 spiro atoms. The molecule has 0 atom stereocenters. The van der Waals surface area contributed by atoms with Gasteiger partial charge in [0.25, 0.3) is 0 Å². The van der Waals surface area contributed by atoms with Crippen molar-refractivity contribution >= 4 is 0 Å². The number of halogens is 11. The van der Waals surface area contributed by atoms with E-state index in [1.165, 1.54) is 12.1 Å². The van der Waals surface area contributed by atoms with Gasteiger partial charge in [0, 0.05) is 23.3 Å². The zero-order valence-corrected chi connectivity index (χ0v) is 23.9. The van der Waals surface area contributed by atoms with E-state index in [4.69, 9.17) is 4.74 Å². The van der Waals surface area contributed by atoms with Crippen LogP contribution in [-0.4, -0.2) is 6.61 Å². The maximum Gasteiger partial charge on any atom is 0.432 e. The Morgan fingerprint density at radius 1 is 0.553 bits per heavy atom. The lowest BCUT2D eigenvalue weighted by atomic mass is 10.1. The summed E-state index contributed by atoms with van der Waals surface area (Å²) < 4.78 is 163. The van der Waals surface area contributed by atoms with E-state index in [0.717, 1.165) is 31.0 Å². The molecule has 4 rings (SSSR count). The highest BCUT2D eigenvalue weighted by Crippen LogP contribution is 2.36. The van der Waals surface area contributed by atoms with E-state index in [2.05, 4.69) is 22.5 Å². The van der Waals surface area contributed by atoms with E-state index >= 15 is 0 Å². The van der Waals surface area contributed by atoms with Crippen molar-refractivity contribution in [2.24, 2.45) is 0 Å². The minimum absolute atomic E-state index is 0.153. The van der Waals surface area contributed by atoms with Crippen molar-refractivity contribution in [3.63, 3.8) is 0 Å². The van der Waals surface area contributed by atoms with E-state index in [1.54, 1.807) is 0 Å². The zero-order valence-electron chi connectivity index (χ0n) is 23.9. The van der Waals surface area contributed by atoms with Crippen molar-refractivity contribution in [3.8, 4) is 35.2 Å². The summed E-state index contributed by atoms with van der Waals surface area (Å²) in [4.78, 5) is 0. The number of unbranched alkanes of at least 4 members (excludes halogenated alkanes) is 1. The molecule has 0 aliphatic carbocycles. The van der Waals surface area contributed by atoms with Gasteiger partial charge in [-0.15, -0.1) is 0 Å². The number of rotatable bonds is 7. The molecule has 244 valence electrons. The molecule has 0 saturated heterocycles. The fourth-order valence-electron chi connectivity index (χ4n) is 4.00. The van der Waals surface area contributed by atoms with Crippen molar-refractivity contribution < 1.29 is 57.8 Å². The van der Waals surface area contributed by atoms with Gasteiger partial charge in [-0.3, -0.25) is 0 Å². The molecule has 0 aliphatic heterocycles. The quantitative estimate of drug-likeness (QED) is 0.111. The second-order valence-electron chi connectivity index (χ2n) is 9.73. The van der Waals surface area contributed by atoms with Gasteiger partial charge in [-0.05, 0) is 55.0 Å². The zero-order chi connectivity index (χ0) is 34.5. The molecule has 0 unspecified atom stereocenters. The standard InChI is InChI=1S/C34H19F11O2/c1-2-3-12-46-23-10-8-21(25(35)17-23)6-5-20-15-29(39)32(30(40)16-20)34(44,45)47-24-11-9-22(26(36)18-24)7-4-19-13-27(37)31(28(38)14-19)33(41,42)43/h8-11,13-18H,2-3,12H2,1H3. The normalized spacial score (nSPS) is 11.3. The molecule has 0 bridgehead atoms. The number of alkyl halides is 5. The Balaban J connectivity index is 1.51. The predicted molar refractivity (Wildman–Crippen MR) is 147 cm³/mol. The van der Waals surface area contributed by atoms with Crippen molar-refractivity contribution in [2.45, 2.75) is 32.1 Å². The minimum atomic E-state index is -5.32. The lowest BCUT2D eigenvalue weighted by Crippen LogP contribution is -2.25. The van der Waals surface area contributed by atoms with Crippen LogP contribution in [-0.2, 0) is 12.3 Å². The third kappa shape index (κ3) is 8.55. The smallest absolute Gasteiger partial charge is 0.432 e. The Bertz CT molecular complexity index is 1880. The molecule has 0 fully saturated rings. The minimum Gasteiger partial charge on any atom is -0.493 e. The summed E-state index contributed by atoms with van der Waals surface area (Å²) in [6, 6.07) is 7.15. The van der Waals surface area contributed by atoms with Gasteiger partial charge in [-0.25, -0.2) is 26.3 Å². The summed E-state index contributed by atoms with van der Waals surface area (Å²) in [6.07, 6.45) is -8.38. The summed E-state index contributed by atoms with van der Waals surface area (Å²) in [5.74, 6) is -1.47. The molecule has 4 aromatic carbocycles. The summed E-state index contributed by atoms with van der Waals surface area (Å²) in [5.41, 5.74) is -5.68. The monoisotopic (exact) mass is 668 g/mol. The number of hydrogen-bond acceptors (Lipinski definition) is 2. The van der Waals surface area contributed by atoms with E-state index < -0.39 is 80.8 Å². The van der Waals surface area contributed by atoms with Crippen LogP contribution in [0.2, 0.25) is 0 Å². The predicted octanol–water partition coefficient (Wildman–Crippen LogP) is 9.65. The van der Waals surface area contributed by atoms with Gasteiger partial charge in [0.2, 0.25) is 0 Å². The van der Waals surface area contributed by atoms with Gasteiger partial charge in [0.05, 0.1) is 17.7 Å². The highest BCUT2D eigenvalue weighted by molar-refractivity contribution is 5.48. The average Bonchev–Trinajstić information content (AvgIpc) is 2.94. The largest absolute Gasteiger partial charge is 0.493 e. The fourth-order valence-corrected chi connectivity index (χ4v) is 4.00. The first-order chi connectivity index (χ1) is 22.1. The molecule has 0 radical (unpaired) electrons. The Hall–Kier alpha value is -5.17. The third-order valence-corrected chi connectivity index (χ3v) is 6.24. The van der Waals surface area contributed by atoms with Crippen LogP contribution in [0, 0.1) is 58.6 Å². The van der Waals surface area contributed by atoms with Crippen molar-refractivity contribution in [3.05, 3.63) is 129 Å². The van der Waals surface area contributed by atoms with E-state index in [1.807, 2.05) is 12.8 Å². The Morgan fingerprint density at radius 3 is 1.45 bits per heavy atom. The molecule has 4 aromatic rings. The van der Waals surface area contributed by atoms with Gasteiger partial charge in [0.15, 0.2) is 0 Å². The van der Waals surface area contributed by atoms with E-state index in [9.17, 15) is 48.3 Å². The molecular weight excluding hydrogens is 649 g/mol. The SMILES string of the molecule is CCCCOc1ccc(C#Cc2cc(F)c(C(F)(F)Oc3ccc(C#Cc4cc(F)c(C(F)(F)F)c(F)c4)c(F)c3)c(F)c2)c(F)c1. The first-order valence-electron chi connectivity index (χ1n) is 13.5. The highest BCUT2D eigenvalue weighted by Gasteiger charge is 2.41. The molecule has 2 nitrogen and oxygen atoms in total. The van der Waals surface area contributed by atoms with Crippen LogP contribution >= 0.6 is 0 Å². The molecule has 47 heavy (non-hydrogen) atoms. The summed E-state index contributed by atoms with van der Waals surface area (Å²) in [6.45, 7) is 2.32. The van der Waals surface area contributed by atoms with Crippen LogP contribution in [0.5, 0.6) is 11.5 Å². The lowest BCUT2D eigenvalue weighted by Gasteiger charge is -2.19. The highest BCUT2D eigenvalue weighted by atomic mass is 19.4. The van der Waals surface area contributed by atoms with E-state index in [-0.39, 0.29) is 23.4 Å². The lowest BCUT2D eigenvalue weighted by molar-refractivity contribution is -0.189. The van der Waals surface area contributed by atoms with Gasteiger partial charge < -0.3 is 9.47 Å². The average molecular weight is 669 g/mol.